The highest BCUT2D eigenvalue weighted by molar-refractivity contribution is 6.30. The van der Waals surface area contributed by atoms with Gasteiger partial charge in [-0.2, -0.15) is 0 Å². The highest BCUT2D eigenvalue weighted by Gasteiger charge is 2.14. The zero-order valence-corrected chi connectivity index (χ0v) is 15.0. The predicted molar refractivity (Wildman–Crippen MR) is 99.0 cm³/mol. The van der Waals surface area contributed by atoms with Crippen LogP contribution in [0.5, 0.6) is 5.75 Å². The lowest BCUT2D eigenvalue weighted by Gasteiger charge is -2.15. The van der Waals surface area contributed by atoms with Crippen molar-refractivity contribution in [3.8, 4) is 5.75 Å². The lowest BCUT2D eigenvalue weighted by molar-refractivity contribution is -0.127. The summed E-state index contributed by atoms with van der Waals surface area (Å²) < 4.78 is 7.72. The Kier molecular flexibility index (Phi) is 5.24. The van der Waals surface area contributed by atoms with Crippen LogP contribution in [-0.2, 0) is 11.3 Å². The molecule has 0 saturated heterocycles. The Bertz CT molecular complexity index is 874. The van der Waals surface area contributed by atoms with Gasteiger partial charge in [-0.3, -0.25) is 4.79 Å². The van der Waals surface area contributed by atoms with Crippen LogP contribution in [0.25, 0.3) is 11.0 Å². The number of rotatable bonds is 6. The minimum absolute atomic E-state index is 0.156. The second-order valence-electron chi connectivity index (χ2n) is 5.80. The largest absolute Gasteiger partial charge is 0.481 e. The summed E-state index contributed by atoms with van der Waals surface area (Å²) in [6.07, 6.45) is -0.582. The number of nitrogens with one attached hydrogen (secondary N) is 1. The lowest BCUT2D eigenvalue weighted by atomic mass is 10.3. The van der Waals surface area contributed by atoms with Gasteiger partial charge in [-0.25, -0.2) is 4.98 Å². The molecule has 1 atom stereocenters. The molecule has 3 rings (SSSR count). The first-order valence-electron chi connectivity index (χ1n) is 8.16. The number of aryl methyl sites for hydroxylation is 1. The topological polar surface area (TPSA) is 56.2 Å². The number of imidazole rings is 1. The third-order valence-electron chi connectivity index (χ3n) is 3.98. The van der Waals surface area contributed by atoms with Crippen molar-refractivity contribution in [3.63, 3.8) is 0 Å². The number of ether oxygens (including phenoxy) is 1. The van der Waals surface area contributed by atoms with Gasteiger partial charge in [-0.05, 0) is 50.2 Å². The van der Waals surface area contributed by atoms with Crippen molar-refractivity contribution in [1.29, 1.82) is 0 Å². The second kappa shape index (κ2) is 7.57. The molecule has 1 amide bonds. The van der Waals surface area contributed by atoms with E-state index in [2.05, 4.69) is 14.9 Å². The second-order valence-corrected chi connectivity index (χ2v) is 6.24. The van der Waals surface area contributed by atoms with Crippen LogP contribution in [-0.4, -0.2) is 28.1 Å². The van der Waals surface area contributed by atoms with Crippen molar-refractivity contribution in [3.05, 3.63) is 59.4 Å². The van der Waals surface area contributed by atoms with Crippen molar-refractivity contribution in [2.45, 2.75) is 26.5 Å². The number of fused-ring (bicyclic) bond motifs is 1. The van der Waals surface area contributed by atoms with Crippen LogP contribution in [0, 0.1) is 6.92 Å². The van der Waals surface area contributed by atoms with Crippen LogP contribution in [0.3, 0.4) is 0 Å². The van der Waals surface area contributed by atoms with Gasteiger partial charge in [0.25, 0.3) is 5.91 Å². The van der Waals surface area contributed by atoms with E-state index in [1.807, 2.05) is 31.2 Å². The molecule has 1 unspecified atom stereocenters. The molecular weight excluding hydrogens is 338 g/mol. The Morgan fingerprint density at radius 1 is 1.24 bits per heavy atom. The fraction of sp³-hybridized carbons (Fsp3) is 0.263. The van der Waals surface area contributed by atoms with Crippen LogP contribution in [0.2, 0.25) is 5.02 Å². The Hall–Kier alpha value is -2.53. The van der Waals surface area contributed by atoms with Gasteiger partial charge < -0.3 is 14.6 Å². The van der Waals surface area contributed by atoms with Gasteiger partial charge in [-0.1, -0.05) is 23.7 Å². The minimum atomic E-state index is -0.582. The molecule has 2 aromatic carbocycles. The maximum Gasteiger partial charge on any atom is 0.260 e. The summed E-state index contributed by atoms with van der Waals surface area (Å²) in [5.41, 5.74) is 2.03. The molecular formula is C19H20ClN3O2. The zero-order valence-electron chi connectivity index (χ0n) is 14.2. The quantitative estimate of drug-likeness (QED) is 0.733. The molecule has 6 heteroatoms. The smallest absolute Gasteiger partial charge is 0.260 e. The van der Waals surface area contributed by atoms with Crippen LogP contribution in [0.1, 0.15) is 12.7 Å². The number of benzene rings is 2. The van der Waals surface area contributed by atoms with Gasteiger partial charge >= 0.3 is 0 Å². The van der Waals surface area contributed by atoms with Crippen molar-refractivity contribution in [2.75, 3.05) is 6.54 Å². The minimum Gasteiger partial charge on any atom is -0.481 e. The Balaban J connectivity index is 1.55. The van der Waals surface area contributed by atoms with E-state index < -0.39 is 6.10 Å². The Labute approximate surface area is 151 Å². The van der Waals surface area contributed by atoms with Crippen molar-refractivity contribution < 1.29 is 9.53 Å². The first kappa shape index (κ1) is 17.3. The van der Waals surface area contributed by atoms with E-state index in [0.717, 1.165) is 16.9 Å². The summed E-state index contributed by atoms with van der Waals surface area (Å²) in [4.78, 5) is 16.7. The monoisotopic (exact) mass is 357 g/mol. The number of halogens is 1. The summed E-state index contributed by atoms with van der Waals surface area (Å²) in [6.45, 7) is 4.86. The molecule has 0 radical (unpaired) electrons. The molecule has 0 aliphatic rings. The molecule has 0 spiro atoms. The van der Waals surface area contributed by atoms with Crippen LogP contribution < -0.4 is 10.1 Å². The van der Waals surface area contributed by atoms with E-state index in [0.29, 0.717) is 23.9 Å². The molecule has 0 fully saturated rings. The van der Waals surface area contributed by atoms with Gasteiger partial charge in [0.1, 0.15) is 11.6 Å². The number of hydrogen-bond donors (Lipinski definition) is 1. The van der Waals surface area contributed by atoms with E-state index in [1.165, 1.54) is 0 Å². The molecule has 5 nitrogen and oxygen atoms in total. The zero-order chi connectivity index (χ0) is 17.8. The predicted octanol–water partition coefficient (Wildman–Crippen LogP) is 3.58. The molecule has 3 aromatic rings. The van der Waals surface area contributed by atoms with Crippen LogP contribution in [0.4, 0.5) is 0 Å². The van der Waals surface area contributed by atoms with E-state index in [9.17, 15) is 4.79 Å². The lowest BCUT2D eigenvalue weighted by Crippen LogP contribution is -2.38. The average molecular weight is 358 g/mol. The normalized spacial score (nSPS) is 12.1. The fourth-order valence-electron chi connectivity index (χ4n) is 2.68. The first-order chi connectivity index (χ1) is 12.0. The summed E-state index contributed by atoms with van der Waals surface area (Å²) in [6, 6.07) is 14.9. The number of aromatic nitrogens is 2. The average Bonchev–Trinajstić information content (AvgIpc) is 2.92. The van der Waals surface area contributed by atoms with Crippen LogP contribution >= 0.6 is 11.6 Å². The molecule has 0 aliphatic heterocycles. The maximum atomic E-state index is 12.2. The first-order valence-corrected chi connectivity index (χ1v) is 8.54. The molecule has 1 aromatic heterocycles. The van der Waals surface area contributed by atoms with Gasteiger partial charge in [0.15, 0.2) is 6.10 Å². The van der Waals surface area contributed by atoms with E-state index in [1.54, 1.807) is 31.2 Å². The summed E-state index contributed by atoms with van der Waals surface area (Å²) in [5.74, 6) is 1.39. The highest BCUT2D eigenvalue weighted by Crippen LogP contribution is 2.17. The fourth-order valence-corrected chi connectivity index (χ4v) is 2.81. The summed E-state index contributed by atoms with van der Waals surface area (Å²) in [5, 5.41) is 3.54. The summed E-state index contributed by atoms with van der Waals surface area (Å²) in [7, 11) is 0. The molecule has 1 heterocycles. The number of para-hydroxylation sites is 2. The molecule has 1 N–H and O–H groups in total. The molecule has 25 heavy (non-hydrogen) atoms. The van der Waals surface area contributed by atoms with Gasteiger partial charge in [0, 0.05) is 18.1 Å². The Morgan fingerprint density at radius 3 is 2.72 bits per heavy atom. The van der Waals surface area contributed by atoms with Crippen molar-refractivity contribution in [2.24, 2.45) is 0 Å². The molecule has 0 aliphatic carbocycles. The number of nitrogens with zero attached hydrogens (tertiary/aromatic N) is 2. The molecule has 0 bridgehead atoms. The SMILES string of the molecule is Cc1nc2ccccc2n1CCNC(=O)C(C)Oc1ccc(Cl)cc1. The van der Waals surface area contributed by atoms with Gasteiger partial charge in [0.2, 0.25) is 0 Å². The van der Waals surface area contributed by atoms with Crippen molar-refractivity contribution >= 4 is 28.5 Å². The summed E-state index contributed by atoms with van der Waals surface area (Å²) >= 11 is 5.84. The maximum absolute atomic E-state index is 12.2. The van der Waals surface area contributed by atoms with Gasteiger partial charge in [-0.15, -0.1) is 0 Å². The molecule has 0 saturated carbocycles. The van der Waals surface area contributed by atoms with Crippen molar-refractivity contribution in [1.82, 2.24) is 14.9 Å². The standard InChI is InChI=1S/C19H20ClN3O2/c1-13(25-16-9-7-15(20)8-10-16)19(24)21-11-12-23-14(2)22-17-5-3-4-6-18(17)23/h3-10,13H,11-12H2,1-2H3,(H,21,24). The van der Waals surface area contributed by atoms with E-state index in [4.69, 9.17) is 16.3 Å². The number of carbonyl (C=O) groups excluding carboxylic acids is 1. The number of hydrogen-bond acceptors (Lipinski definition) is 3. The Morgan fingerprint density at radius 2 is 1.96 bits per heavy atom. The van der Waals surface area contributed by atoms with E-state index in [-0.39, 0.29) is 5.91 Å². The molecule has 130 valence electrons. The highest BCUT2D eigenvalue weighted by atomic mass is 35.5. The van der Waals surface area contributed by atoms with E-state index >= 15 is 0 Å². The number of amides is 1. The van der Waals surface area contributed by atoms with Crippen LogP contribution in [0.15, 0.2) is 48.5 Å². The third kappa shape index (κ3) is 4.12. The third-order valence-corrected chi connectivity index (χ3v) is 4.23. The number of carbonyl (C=O) groups is 1. The van der Waals surface area contributed by atoms with Gasteiger partial charge in [0.05, 0.1) is 11.0 Å².